The first-order valence-electron chi connectivity index (χ1n) is 7.19. The van der Waals surface area contributed by atoms with Gasteiger partial charge in [0, 0.05) is 11.3 Å². The molecule has 104 valence electrons. The lowest BCUT2D eigenvalue weighted by Gasteiger charge is -2.34. The molecule has 0 aliphatic heterocycles. The molecule has 1 aliphatic carbocycles. The minimum absolute atomic E-state index is 0.107. The van der Waals surface area contributed by atoms with Gasteiger partial charge in [0.25, 0.3) is 0 Å². The summed E-state index contributed by atoms with van der Waals surface area (Å²) in [6.07, 6.45) is 0.286. The Morgan fingerprint density at radius 3 is 2.43 bits per heavy atom. The summed E-state index contributed by atoms with van der Waals surface area (Å²) in [5.74, 6) is -0.134. The molecule has 0 fully saturated rings. The monoisotopic (exact) mass is 278 g/mol. The van der Waals surface area contributed by atoms with Crippen LogP contribution in [0.3, 0.4) is 0 Å². The van der Waals surface area contributed by atoms with Crippen LogP contribution in [-0.4, -0.2) is 5.11 Å². The second-order valence-electron chi connectivity index (χ2n) is 5.64. The van der Waals surface area contributed by atoms with Crippen LogP contribution in [0.15, 0.2) is 60.7 Å². The molecular weight excluding hydrogens is 263 g/mol. The van der Waals surface area contributed by atoms with Crippen LogP contribution in [0.2, 0.25) is 0 Å². The molecule has 0 bridgehead atoms. The lowest BCUT2D eigenvalue weighted by molar-refractivity contribution is 0.136. The Balaban J connectivity index is 1.80. The summed E-state index contributed by atoms with van der Waals surface area (Å²) in [5, 5.41) is 12.1. The Bertz CT molecular complexity index is 825. The maximum atomic E-state index is 13.9. The molecule has 0 saturated carbocycles. The molecule has 1 N–H and O–H groups in total. The Morgan fingerprint density at radius 2 is 1.62 bits per heavy atom. The maximum Gasteiger partial charge on any atom is 0.131 e. The summed E-state index contributed by atoms with van der Waals surface area (Å²) in [4.78, 5) is 0. The van der Waals surface area contributed by atoms with Gasteiger partial charge in [-0.15, -0.1) is 0 Å². The third-order valence-corrected chi connectivity index (χ3v) is 4.50. The van der Waals surface area contributed by atoms with Crippen LogP contribution in [0.25, 0.3) is 10.8 Å². The fourth-order valence-corrected chi connectivity index (χ4v) is 3.34. The van der Waals surface area contributed by atoms with Crippen molar-refractivity contribution in [1.82, 2.24) is 0 Å². The van der Waals surface area contributed by atoms with E-state index in [4.69, 9.17) is 0 Å². The van der Waals surface area contributed by atoms with Crippen molar-refractivity contribution in [2.75, 3.05) is 0 Å². The molecule has 2 unspecified atom stereocenters. The van der Waals surface area contributed by atoms with Crippen molar-refractivity contribution >= 4 is 10.8 Å². The highest BCUT2D eigenvalue weighted by molar-refractivity contribution is 5.86. The first kappa shape index (κ1) is 12.5. The van der Waals surface area contributed by atoms with E-state index in [-0.39, 0.29) is 11.7 Å². The third kappa shape index (κ3) is 1.87. The van der Waals surface area contributed by atoms with E-state index in [1.165, 1.54) is 17.2 Å². The van der Waals surface area contributed by atoms with Crippen LogP contribution in [0.1, 0.15) is 28.7 Å². The lowest BCUT2D eigenvalue weighted by Crippen LogP contribution is -2.23. The molecule has 1 nitrogen and oxygen atoms in total. The fourth-order valence-electron chi connectivity index (χ4n) is 3.34. The number of hydrogen-bond donors (Lipinski definition) is 1. The summed E-state index contributed by atoms with van der Waals surface area (Å²) in [7, 11) is 0. The van der Waals surface area contributed by atoms with Crippen LogP contribution in [0.4, 0.5) is 4.39 Å². The Labute approximate surface area is 122 Å². The van der Waals surface area contributed by atoms with E-state index in [2.05, 4.69) is 12.1 Å². The van der Waals surface area contributed by atoms with Gasteiger partial charge >= 0.3 is 0 Å². The predicted octanol–water partition coefficient (Wildman–Crippen LogP) is 4.35. The molecule has 0 radical (unpaired) electrons. The molecule has 1 aliphatic rings. The predicted molar refractivity (Wildman–Crippen MR) is 81.8 cm³/mol. The Morgan fingerprint density at radius 1 is 0.905 bits per heavy atom. The number of benzene rings is 3. The lowest BCUT2D eigenvalue weighted by atomic mass is 9.72. The van der Waals surface area contributed by atoms with Crippen LogP contribution in [0, 0.1) is 5.82 Å². The van der Waals surface area contributed by atoms with Crippen molar-refractivity contribution in [1.29, 1.82) is 0 Å². The number of halogens is 1. The second kappa shape index (κ2) is 4.68. The van der Waals surface area contributed by atoms with Crippen molar-refractivity contribution in [3.05, 3.63) is 83.2 Å². The van der Waals surface area contributed by atoms with Gasteiger partial charge in [0.15, 0.2) is 0 Å². The van der Waals surface area contributed by atoms with E-state index >= 15 is 0 Å². The summed E-state index contributed by atoms with van der Waals surface area (Å²) in [6, 6.07) is 18.7. The molecule has 0 spiro atoms. The minimum Gasteiger partial charge on any atom is -0.388 e. The van der Waals surface area contributed by atoms with Crippen molar-refractivity contribution in [2.45, 2.75) is 18.4 Å². The zero-order chi connectivity index (χ0) is 14.4. The molecule has 0 aromatic heterocycles. The summed E-state index contributed by atoms with van der Waals surface area (Å²) in [5.41, 5.74) is 3.32. The summed E-state index contributed by atoms with van der Waals surface area (Å²) >= 11 is 0. The minimum atomic E-state index is -0.592. The zero-order valence-corrected chi connectivity index (χ0v) is 11.5. The van der Waals surface area contributed by atoms with Crippen molar-refractivity contribution < 1.29 is 9.50 Å². The average Bonchev–Trinajstić information content (AvgIpc) is 2.49. The SMILES string of the molecule is OC(c1ccc(F)c2ccccc12)C1Cc2ccccc21. The van der Waals surface area contributed by atoms with Crippen molar-refractivity contribution in [2.24, 2.45) is 0 Å². The van der Waals surface area contributed by atoms with E-state index in [0.29, 0.717) is 5.39 Å². The highest BCUT2D eigenvalue weighted by Crippen LogP contribution is 2.44. The second-order valence-corrected chi connectivity index (χ2v) is 5.64. The normalized spacial score (nSPS) is 18.1. The molecule has 0 heterocycles. The van der Waals surface area contributed by atoms with E-state index in [1.54, 1.807) is 12.1 Å². The largest absolute Gasteiger partial charge is 0.388 e. The third-order valence-electron chi connectivity index (χ3n) is 4.50. The fraction of sp³-hybridized carbons (Fsp3) is 0.158. The van der Waals surface area contributed by atoms with Gasteiger partial charge in [0.05, 0.1) is 6.10 Å². The molecule has 21 heavy (non-hydrogen) atoms. The van der Waals surface area contributed by atoms with Gasteiger partial charge in [-0.25, -0.2) is 4.39 Å². The summed E-state index contributed by atoms with van der Waals surface area (Å²) < 4.78 is 13.9. The first-order valence-corrected chi connectivity index (χ1v) is 7.19. The molecule has 4 rings (SSSR count). The number of hydrogen-bond acceptors (Lipinski definition) is 1. The topological polar surface area (TPSA) is 20.2 Å². The highest BCUT2D eigenvalue weighted by Gasteiger charge is 2.33. The van der Waals surface area contributed by atoms with Gasteiger partial charge in [0.1, 0.15) is 5.82 Å². The quantitative estimate of drug-likeness (QED) is 0.738. The molecular formula is C19H15FO. The smallest absolute Gasteiger partial charge is 0.131 e. The average molecular weight is 278 g/mol. The van der Waals surface area contributed by atoms with Crippen LogP contribution >= 0.6 is 0 Å². The van der Waals surface area contributed by atoms with E-state index in [9.17, 15) is 9.50 Å². The number of fused-ring (bicyclic) bond motifs is 2. The van der Waals surface area contributed by atoms with E-state index in [1.807, 2.05) is 30.3 Å². The van der Waals surface area contributed by atoms with Gasteiger partial charge in [-0.1, -0.05) is 54.6 Å². The van der Waals surface area contributed by atoms with Gasteiger partial charge < -0.3 is 5.11 Å². The van der Waals surface area contributed by atoms with Crippen LogP contribution in [0.5, 0.6) is 0 Å². The highest BCUT2D eigenvalue weighted by atomic mass is 19.1. The van der Waals surface area contributed by atoms with E-state index in [0.717, 1.165) is 17.4 Å². The van der Waals surface area contributed by atoms with Crippen LogP contribution in [-0.2, 0) is 6.42 Å². The van der Waals surface area contributed by atoms with Gasteiger partial charge in [0.2, 0.25) is 0 Å². The van der Waals surface area contributed by atoms with Crippen LogP contribution < -0.4 is 0 Å². The number of aliphatic hydroxyl groups excluding tert-OH is 1. The summed E-state index contributed by atoms with van der Waals surface area (Å²) in [6.45, 7) is 0. The molecule has 0 saturated heterocycles. The molecule has 3 aromatic carbocycles. The van der Waals surface area contributed by atoms with Gasteiger partial charge in [-0.3, -0.25) is 0 Å². The van der Waals surface area contributed by atoms with Gasteiger partial charge in [-0.2, -0.15) is 0 Å². The zero-order valence-electron chi connectivity index (χ0n) is 11.5. The molecule has 2 heteroatoms. The van der Waals surface area contributed by atoms with E-state index < -0.39 is 6.10 Å². The number of aliphatic hydroxyl groups is 1. The van der Waals surface area contributed by atoms with Crippen molar-refractivity contribution in [3.8, 4) is 0 Å². The Kier molecular flexibility index (Phi) is 2.79. The molecule has 2 atom stereocenters. The van der Waals surface area contributed by atoms with Crippen molar-refractivity contribution in [3.63, 3.8) is 0 Å². The Hall–Kier alpha value is -2.19. The molecule has 3 aromatic rings. The maximum absolute atomic E-state index is 13.9. The van der Waals surface area contributed by atoms with Gasteiger partial charge in [-0.05, 0) is 34.6 Å². The first-order chi connectivity index (χ1) is 10.3. The number of rotatable bonds is 2. The standard InChI is InChI=1S/C19H15FO/c20-18-10-9-16(14-7-3-4-8-15(14)18)19(21)17-11-12-5-1-2-6-13(12)17/h1-10,17,19,21H,11H2. The molecule has 0 amide bonds.